The van der Waals surface area contributed by atoms with Crippen molar-refractivity contribution in [2.75, 3.05) is 25.6 Å². The molecule has 0 radical (unpaired) electrons. The molecule has 2 aliphatic rings. The van der Waals surface area contributed by atoms with Crippen molar-refractivity contribution in [2.24, 2.45) is 0 Å². The standard InChI is InChI=1S/C29H28N4O3/c1-31-23-12-6-5-11-22(23)29(35)32-16-15-21-20-10-4-7-13-24(20)33(27(21)28(31)32)18-26(34)30-17-19-9-3-8-14-25(19)36-2/h3-14,28H,15-18H2,1-2H3,(H,30,34)/t28-/m1/s1. The van der Waals surface area contributed by atoms with Gasteiger partial charge in [-0.15, -0.1) is 0 Å². The summed E-state index contributed by atoms with van der Waals surface area (Å²) in [4.78, 5) is 30.8. The summed E-state index contributed by atoms with van der Waals surface area (Å²) in [6, 6.07) is 23.6. The summed E-state index contributed by atoms with van der Waals surface area (Å²) in [6.45, 7) is 1.19. The predicted molar refractivity (Wildman–Crippen MR) is 139 cm³/mol. The van der Waals surface area contributed by atoms with E-state index in [-0.39, 0.29) is 24.5 Å². The third kappa shape index (κ3) is 3.42. The number of nitrogens with zero attached hydrogens (tertiary/aromatic N) is 3. The number of rotatable bonds is 5. The number of amides is 2. The van der Waals surface area contributed by atoms with Crippen LogP contribution in [-0.4, -0.2) is 42.0 Å². The van der Waals surface area contributed by atoms with E-state index in [4.69, 9.17) is 4.74 Å². The van der Waals surface area contributed by atoms with Crippen molar-refractivity contribution in [3.8, 4) is 5.75 Å². The van der Waals surface area contributed by atoms with Gasteiger partial charge < -0.3 is 24.4 Å². The Balaban J connectivity index is 1.38. The Labute approximate surface area is 209 Å². The molecule has 3 heterocycles. The van der Waals surface area contributed by atoms with E-state index in [0.717, 1.165) is 45.6 Å². The second-order valence-electron chi connectivity index (χ2n) is 9.31. The van der Waals surface area contributed by atoms with Crippen LogP contribution in [0.15, 0.2) is 72.8 Å². The number of benzene rings is 3. The van der Waals surface area contributed by atoms with Crippen LogP contribution in [0.1, 0.15) is 33.3 Å². The summed E-state index contributed by atoms with van der Waals surface area (Å²) in [5.41, 5.74) is 5.79. The molecule has 6 rings (SSSR count). The Hall–Kier alpha value is -4.26. The van der Waals surface area contributed by atoms with Crippen LogP contribution < -0.4 is 15.0 Å². The van der Waals surface area contributed by atoms with Crippen molar-refractivity contribution in [3.05, 3.63) is 95.2 Å². The molecule has 0 fully saturated rings. The molecule has 7 nitrogen and oxygen atoms in total. The zero-order valence-electron chi connectivity index (χ0n) is 20.4. The summed E-state index contributed by atoms with van der Waals surface area (Å²) in [5.74, 6) is 0.696. The number of para-hydroxylation sites is 3. The Morgan fingerprint density at radius 1 is 1.03 bits per heavy atom. The highest BCUT2D eigenvalue weighted by Gasteiger charge is 2.42. The van der Waals surface area contributed by atoms with Crippen molar-refractivity contribution in [2.45, 2.75) is 25.7 Å². The third-order valence-electron chi connectivity index (χ3n) is 7.37. The highest BCUT2D eigenvalue weighted by molar-refractivity contribution is 6.02. The highest BCUT2D eigenvalue weighted by Crippen LogP contribution is 2.44. The van der Waals surface area contributed by atoms with Crippen LogP contribution in [0.3, 0.4) is 0 Å². The van der Waals surface area contributed by atoms with Crippen LogP contribution in [-0.2, 0) is 24.3 Å². The monoisotopic (exact) mass is 480 g/mol. The average molecular weight is 481 g/mol. The fraction of sp³-hybridized carbons (Fsp3) is 0.241. The lowest BCUT2D eigenvalue weighted by molar-refractivity contribution is -0.121. The number of fused-ring (bicyclic) bond motifs is 6. The minimum absolute atomic E-state index is 0.0387. The average Bonchev–Trinajstić information content (AvgIpc) is 3.23. The lowest BCUT2D eigenvalue weighted by Gasteiger charge is -2.46. The maximum Gasteiger partial charge on any atom is 0.257 e. The van der Waals surface area contributed by atoms with E-state index in [2.05, 4.69) is 26.9 Å². The molecular formula is C29H28N4O3. The molecule has 2 amide bonds. The van der Waals surface area contributed by atoms with Crippen molar-refractivity contribution in [1.29, 1.82) is 0 Å². The molecule has 7 heteroatoms. The van der Waals surface area contributed by atoms with Crippen molar-refractivity contribution < 1.29 is 14.3 Å². The van der Waals surface area contributed by atoms with Crippen molar-refractivity contribution in [1.82, 2.24) is 14.8 Å². The Morgan fingerprint density at radius 3 is 2.64 bits per heavy atom. The van der Waals surface area contributed by atoms with Gasteiger partial charge in [0, 0.05) is 36.6 Å². The van der Waals surface area contributed by atoms with Crippen LogP contribution >= 0.6 is 0 Å². The molecule has 0 spiro atoms. The first kappa shape index (κ1) is 22.2. The molecule has 1 atom stereocenters. The van der Waals surface area contributed by atoms with E-state index in [1.807, 2.05) is 72.6 Å². The Morgan fingerprint density at radius 2 is 1.78 bits per heavy atom. The second-order valence-corrected chi connectivity index (χ2v) is 9.31. The number of hydrogen-bond acceptors (Lipinski definition) is 4. The molecule has 3 aromatic carbocycles. The molecule has 0 bridgehead atoms. The Kier molecular flexibility index (Phi) is 5.40. The van der Waals surface area contributed by atoms with E-state index < -0.39 is 0 Å². The van der Waals surface area contributed by atoms with E-state index in [1.165, 1.54) is 5.56 Å². The van der Waals surface area contributed by atoms with Gasteiger partial charge in [-0.2, -0.15) is 0 Å². The molecule has 1 aromatic heterocycles. The number of ether oxygens (including phenoxy) is 1. The van der Waals surface area contributed by atoms with Crippen LogP contribution in [0, 0.1) is 0 Å². The number of nitrogens with one attached hydrogen (secondary N) is 1. The van der Waals surface area contributed by atoms with Gasteiger partial charge >= 0.3 is 0 Å². The number of aromatic nitrogens is 1. The molecule has 182 valence electrons. The molecule has 2 aliphatic heterocycles. The van der Waals surface area contributed by atoms with E-state index in [9.17, 15) is 9.59 Å². The molecule has 0 aliphatic carbocycles. The quantitative estimate of drug-likeness (QED) is 0.467. The van der Waals surface area contributed by atoms with Gasteiger partial charge in [0.1, 0.15) is 18.5 Å². The first-order chi connectivity index (χ1) is 17.6. The van der Waals surface area contributed by atoms with Gasteiger partial charge in [0.05, 0.1) is 24.1 Å². The van der Waals surface area contributed by atoms with Gasteiger partial charge in [-0.05, 0) is 36.2 Å². The fourth-order valence-electron chi connectivity index (χ4n) is 5.72. The highest BCUT2D eigenvalue weighted by atomic mass is 16.5. The van der Waals surface area contributed by atoms with Gasteiger partial charge in [-0.1, -0.05) is 48.5 Å². The zero-order valence-corrected chi connectivity index (χ0v) is 20.4. The molecule has 0 saturated heterocycles. The summed E-state index contributed by atoms with van der Waals surface area (Å²) >= 11 is 0. The topological polar surface area (TPSA) is 66.8 Å². The number of carbonyl (C=O) groups excluding carboxylic acids is 2. The van der Waals surface area contributed by atoms with Gasteiger partial charge in [-0.25, -0.2) is 0 Å². The number of methoxy groups -OCH3 is 1. The lowest BCUT2D eigenvalue weighted by Crippen LogP contribution is -2.51. The molecule has 4 aromatic rings. The van der Waals surface area contributed by atoms with Crippen molar-refractivity contribution in [3.63, 3.8) is 0 Å². The Bertz CT molecular complexity index is 1490. The lowest BCUT2D eigenvalue weighted by atomic mass is 9.96. The summed E-state index contributed by atoms with van der Waals surface area (Å²) in [7, 11) is 3.66. The van der Waals surface area contributed by atoms with Crippen LogP contribution in [0.4, 0.5) is 5.69 Å². The maximum atomic E-state index is 13.5. The number of hydrogen-bond donors (Lipinski definition) is 1. The number of anilines is 1. The third-order valence-corrected chi connectivity index (χ3v) is 7.37. The minimum Gasteiger partial charge on any atom is -0.496 e. The smallest absolute Gasteiger partial charge is 0.257 e. The van der Waals surface area contributed by atoms with Crippen LogP contribution in [0.25, 0.3) is 10.9 Å². The van der Waals surface area contributed by atoms with Crippen LogP contribution in [0.5, 0.6) is 5.75 Å². The summed E-state index contributed by atoms with van der Waals surface area (Å²) < 4.78 is 7.52. The fourth-order valence-corrected chi connectivity index (χ4v) is 5.72. The molecule has 0 unspecified atom stereocenters. The minimum atomic E-state index is -0.273. The van der Waals surface area contributed by atoms with Gasteiger partial charge in [-0.3, -0.25) is 9.59 Å². The van der Waals surface area contributed by atoms with E-state index in [1.54, 1.807) is 7.11 Å². The first-order valence-corrected chi connectivity index (χ1v) is 12.2. The number of carbonyl (C=O) groups is 2. The molecular weight excluding hydrogens is 452 g/mol. The first-order valence-electron chi connectivity index (χ1n) is 12.2. The van der Waals surface area contributed by atoms with E-state index >= 15 is 0 Å². The molecule has 0 saturated carbocycles. The maximum absolute atomic E-state index is 13.5. The van der Waals surface area contributed by atoms with Gasteiger partial charge in [0.25, 0.3) is 5.91 Å². The molecule has 36 heavy (non-hydrogen) atoms. The predicted octanol–water partition coefficient (Wildman–Crippen LogP) is 4.11. The zero-order chi connectivity index (χ0) is 24.8. The molecule has 1 N–H and O–H groups in total. The largest absolute Gasteiger partial charge is 0.496 e. The van der Waals surface area contributed by atoms with Crippen molar-refractivity contribution >= 4 is 28.4 Å². The summed E-state index contributed by atoms with van der Waals surface area (Å²) in [5, 5.41) is 4.20. The van der Waals surface area contributed by atoms with Gasteiger partial charge in [0.2, 0.25) is 5.91 Å². The van der Waals surface area contributed by atoms with Gasteiger partial charge in [0.15, 0.2) is 0 Å². The van der Waals surface area contributed by atoms with Crippen LogP contribution in [0.2, 0.25) is 0 Å². The van der Waals surface area contributed by atoms with E-state index in [0.29, 0.717) is 13.1 Å². The normalized spacial score (nSPS) is 16.4. The SMILES string of the molecule is COc1ccccc1CNC(=O)Cn1c2c(c3ccccc31)CCN1C(=O)c3ccccc3N(C)[C@@H]21. The summed E-state index contributed by atoms with van der Waals surface area (Å²) in [6.07, 6.45) is 0.481. The second kappa shape index (κ2) is 8.75.